The SMILES string of the molecule is CC1(C)CC=C(c2nc(C3(C)NCCO3)ccc2NC(=O)c2nc(C#N)c[nH]2)CC1. The quantitative estimate of drug-likeness (QED) is 0.717. The lowest BCUT2D eigenvalue weighted by molar-refractivity contribution is -0.00121. The van der Waals surface area contributed by atoms with Crippen LogP contribution in [0.3, 0.4) is 0 Å². The summed E-state index contributed by atoms with van der Waals surface area (Å²) in [5.74, 6) is -0.321. The Kier molecular flexibility index (Phi) is 5.18. The van der Waals surface area contributed by atoms with Gasteiger partial charge in [-0.15, -0.1) is 0 Å². The summed E-state index contributed by atoms with van der Waals surface area (Å²) in [7, 11) is 0. The van der Waals surface area contributed by atoms with Crippen LogP contribution in [0.15, 0.2) is 24.4 Å². The molecule has 0 aromatic carbocycles. The van der Waals surface area contributed by atoms with E-state index in [9.17, 15) is 4.79 Å². The van der Waals surface area contributed by atoms with E-state index >= 15 is 0 Å². The Hall–Kier alpha value is -3.02. The summed E-state index contributed by atoms with van der Waals surface area (Å²) in [6, 6.07) is 5.64. The maximum atomic E-state index is 12.7. The number of nitrogens with one attached hydrogen (secondary N) is 3. The average molecular weight is 406 g/mol. The first kappa shape index (κ1) is 20.3. The number of aromatic nitrogens is 3. The van der Waals surface area contributed by atoms with Crippen molar-refractivity contribution in [3.8, 4) is 6.07 Å². The standard InChI is InChI=1S/C22H26N6O2/c1-21(2)8-6-14(7-9-21)18-16(27-20(29)19-24-13-15(12-23)26-19)4-5-17(28-18)22(3)25-10-11-30-22/h4-6,13,25H,7-11H2,1-3H3,(H,24,26)(H,27,29). The fourth-order valence-electron chi connectivity index (χ4n) is 3.80. The lowest BCUT2D eigenvalue weighted by atomic mass is 9.77. The third-order valence-electron chi connectivity index (χ3n) is 5.77. The first-order valence-corrected chi connectivity index (χ1v) is 10.2. The largest absolute Gasteiger partial charge is 0.354 e. The van der Waals surface area contributed by atoms with Gasteiger partial charge in [0.1, 0.15) is 6.07 Å². The van der Waals surface area contributed by atoms with Crippen LogP contribution in [-0.2, 0) is 10.5 Å². The lowest BCUT2D eigenvalue weighted by Crippen LogP contribution is -2.35. The molecule has 8 nitrogen and oxygen atoms in total. The molecule has 0 radical (unpaired) electrons. The maximum absolute atomic E-state index is 12.7. The monoisotopic (exact) mass is 406 g/mol. The van der Waals surface area contributed by atoms with Crippen LogP contribution in [0.25, 0.3) is 5.57 Å². The highest BCUT2D eigenvalue weighted by molar-refractivity contribution is 6.03. The second-order valence-corrected chi connectivity index (χ2v) is 8.70. The second kappa shape index (κ2) is 7.67. The Morgan fingerprint density at radius 3 is 2.77 bits per heavy atom. The number of hydrogen-bond donors (Lipinski definition) is 3. The number of rotatable bonds is 4. The summed E-state index contributed by atoms with van der Waals surface area (Å²) in [4.78, 5) is 24.3. The van der Waals surface area contributed by atoms with Crippen molar-refractivity contribution in [2.75, 3.05) is 18.5 Å². The summed E-state index contributed by atoms with van der Waals surface area (Å²) in [5.41, 5.74) is 3.05. The van der Waals surface area contributed by atoms with Gasteiger partial charge in [0, 0.05) is 12.7 Å². The molecule has 0 saturated carbocycles. The summed E-state index contributed by atoms with van der Waals surface area (Å²) >= 11 is 0. The number of hydrogen-bond acceptors (Lipinski definition) is 6. The summed E-state index contributed by atoms with van der Waals surface area (Å²) in [6.07, 6.45) is 6.52. The van der Waals surface area contributed by atoms with Crippen molar-refractivity contribution in [1.82, 2.24) is 20.3 Å². The molecule has 0 spiro atoms. The van der Waals surface area contributed by atoms with Gasteiger partial charge in [0.2, 0.25) is 0 Å². The number of nitrogens with zero attached hydrogens (tertiary/aromatic N) is 3. The van der Waals surface area contributed by atoms with E-state index in [0.29, 0.717) is 12.3 Å². The molecule has 4 rings (SSSR count). The molecule has 8 heteroatoms. The molecule has 2 aromatic rings. The molecule has 30 heavy (non-hydrogen) atoms. The van der Waals surface area contributed by atoms with Crippen molar-refractivity contribution in [3.63, 3.8) is 0 Å². The number of pyridine rings is 1. The molecule has 2 aromatic heterocycles. The molecule has 1 fully saturated rings. The van der Waals surface area contributed by atoms with Gasteiger partial charge in [0.05, 0.1) is 23.7 Å². The van der Waals surface area contributed by atoms with Gasteiger partial charge in [-0.3, -0.25) is 10.1 Å². The van der Waals surface area contributed by atoms with Crippen molar-refractivity contribution >= 4 is 17.2 Å². The molecule has 1 saturated heterocycles. The fraction of sp³-hybridized carbons (Fsp3) is 0.455. The highest BCUT2D eigenvalue weighted by Crippen LogP contribution is 2.40. The van der Waals surface area contributed by atoms with Crippen molar-refractivity contribution in [1.29, 1.82) is 5.26 Å². The van der Waals surface area contributed by atoms with E-state index < -0.39 is 11.6 Å². The Morgan fingerprint density at radius 1 is 1.30 bits per heavy atom. The molecule has 1 atom stereocenters. The number of anilines is 1. The molecule has 3 heterocycles. The minimum Gasteiger partial charge on any atom is -0.354 e. The van der Waals surface area contributed by atoms with Crippen LogP contribution < -0.4 is 10.6 Å². The molecular formula is C22H26N6O2. The van der Waals surface area contributed by atoms with Crippen LogP contribution >= 0.6 is 0 Å². The predicted octanol–water partition coefficient (Wildman–Crippen LogP) is 3.31. The topological polar surface area (TPSA) is 116 Å². The number of nitriles is 1. The second-order valence-electron chi connectivity index (χ2n) is 8.70. The predicted molar refractivity (Wildman–Crippen MR) is 112 cm³/mol. The van der Waals surface area contributed by atoms with E-state index in [1.165, 1.54) is 6.20 Å². The number of allylic oxidation sites excluding steroid dienone is 2. The lowest BCUT2D eigenvalue weighted by Gasteiger charge is -2.30. The Balaban J connectivity index is 1.69. The van der Waals surface area contributed by atoms with Crippen LogP contribution in [0.4, 0.5) is 5.69 Å². The number of ether oxygens (including phenoxy) is 1. The van der Waals surface area contributed by atoms with Gasteiger partial charge >= 0.3 is 0 Å². The highest BCUT2D eigenvalue weighted by atomic mass is 16.5. The van der Waals surface area contributed by atoms with Crippen LogP contribution in [0.1, 0.15) is 67.7 Å². The van der Waals surface area contributed by atoms with Crippen molar-refractivity contribution in [2.24, 2.45) is 5.41 Å². The first-order chi connectivity index (χ1) is 14.3. The Labute approximate surface area is 175 Å². The van der Waals surface area contributed by atoms with E-state index in [1.807, 2.05) is 25.1 Å². The minimum absolute atomic E-state index is 0.0908. The smallest absolute Gasteiger partial charge is 0.291 e. The number of aromatic amines is 1. The van der Waals surface area contributed by atoms with Crippen molar-refractivity contribution < 1.29 is 9.53 Å². The van der Waals surface area contributed by atoms with E-state index in [0.717, 1.165) is 42.8 Å². The van der Waals surface area contributed by atoms with E-state index in [4.69, 9.17) is 15.0 Å². The summed E-state index contributed by atoms with van der Waals surface area (Å²) in [6.45, 7) is 7.88. The minimum atomic E-state index is -0.644. The molecule has 1 aliphatic carbocycles. The summed E-state index contributed by atoms with van der Waals surface area (Å²) < 4.78 is 5.88. The Bertz CT molecular complexity index is 1040. The third-order valence-corrected chi connectivity index (χ3v) is 5.77. The van der Waals surface area contributed by atoms with Gasteiger partial charge in [-0.05, 0) is 49.3 Å². The number of H-pyrrole nitrogens is 1. The summed E-state index contributed by atoms with van der Waals surface area (Å²) in [5, 5.41) is 15.2. The van der Waals surface area contributed by atoms with Crippen molar-refractivity contribution in [2.45, 2.75) is 45.8 Å². The van der Waals surface area contributed by atoms with Gasteiger partial charge in [-0.25, -0.2) is 9.97 Å². The highest BCUT2D eigenvalue weighted by Gasteiger charge is 2.34. The molecule has 1 aliphatic heterocycles. The zero-order valence-electron chi connectivity index (χ0n) is 17.5. The molecule has 156 valence electrons. The molecular weight excluding hydrogens is 380 g/mol. The van der Waals surface area contributed by atoms with Crippen LogP contribution in [0.2, 0.25) is 0 Å². The molecule has 3 N–H and O–H groups in total. The van der Waals surface area contributed by atoms with E-state index in [2.05, 4.69) is 40.5 Å². The maximum Gasteiger partial charge on any atom is 0.291 e. The first-order valence-electron chi connectivity index (χ1n) is 10.2. The van der Waals surface area contributed by atoms with Gasteiger partial charge in [-0.2, -0.15) is 5.26 Å². The van der Waals surface area contributed by atoms with Crippen LogP contribution in [0.5, 0.6) is 0 Å². The fourth-order valence-corrected chi connectivity index (χ4v) is 3.80. The zero-order valence-corrected chi connectivity index (χ0v) is 17.5. The van der Waals surface area contributed by atoms with Crippen LogP contribution in [-0.4, -0.2) is 34.0 Å². The molecule has 2 aliphatic rings. The Morgan fingerprint density at radius 2 is 2.13 bits per heavy atom. The molecule has 1 unspecified atom stereocenters. The van der Waals surface area contributed by atoms with Gasteiger partial charge in [-0.1, -0.05) is 19.9 Å². The number of imidazole rings is 1. The van der Waals surface area contributed by atoms with E-state index in [-0.39, 0.29) is 16.9 Å². The molecule has 1 amide bonds. The number of amides is 1. The number of carbonyl (C=O) groups is 1. The third kappa shape index (κ3) is 3.99. The van der Waals surface area contributed by atoms with E-state index in [1.54, 1.807) is 0 Å². The normalized spacial score (nSPS) is 22.9. The average Bonchev–Trinajstić information content (AvgIpc) is 3.38. The van der Waals surface area contributed by atoms with Crippen LogP contribution in [0, 0.1) is 16.7 Å². The van der Waals surface area contributed by atoms with Gasteiger partial charge in [0.25, 0.3) is 5.91 Å². The van der Waals surface area contributed by atoms with Crippen molar-refractivity contribution in [3.05, 3.63) is 47.3 Å². The van der Waals surface area contributed by atoms with Gasteiger partial charge in [0.15, 0.2) is 17.2 Å². The number of carbonyl (C=O) groups excluding carboxylic acids is 1. The van der Waals surface area contributed by atoms with Gasteiger partial charge < -0.3 is 15.0 Å². The molecule has 0 bridgehead atoms. The zero-order chi connectivity index (χ0) is 21.4.